The number of thioether (sulfide) groups is 1. The third kappa shape index (κ3) is 6.93. The number of halogens is 1. The van der Waals surface area contributed by atoms with Gasteiger partial charge in [-0.25, -0.2) is 0 Å². The van der Waals surface area contributed by atoms with Gasteiger partial charge >= 0.3 is 0 Å². The smallest absolute Gasteiger partial charge is 0.293 e. The van der Waals surface area contributed by atoms with Crippen molar-refractivity contribution in [1.29, 1.82) is 0 Å². The van der Waals surface area contributed by atoms with Crippen LogP contribution < -0.4 is 14.8 Å². The minimum absolute atomic E-state index is 0.000449. The number of ether oxygens (including phenoxy) is 2. The molecule has 0 saturated carbocycles. The average molecular weight is 537 g/mol. The van der Waals surface area contributed by atoms with Crippen LogP contribution in [0.4, 0.5) is 10.5 Å². The summed E-state index contributed by atoms with van der Waals surface area (Å²) in [5, 5.41) is 3.03. The standard InChI is InChI=1S/C28H25ClN2O5S/c1-18-4-3-5-22(14-18)30-26(32)12-13-31-27(33)25(37-28(31)34)16-20-8-11-23(24(15-20)35-2)36-17-19-6-9-21(29)10-7-19/h3-11,14-16H,12-13,17H2,1-2H3,(H,30,32)/b25-16-. The summed E-state index contributed by atoms with van der Waals surface area (Å²) in [4.78, 5) is 39.0. The normalized spacial score (nSPS) is 14.2. The van der Waals surface area contributed by atoms with Gasteiger partial charge in [0.1, 0.15) is 6.61 Å². The molecule has 0 spiro atoms. The lowest BCUT2D eigenvalue weighted by atomic mass is 10.1. The first kappa shape index (κ1) is 26.3. The van der Waals surface area contributed by atoms with Crippen LogP contribution in [0.3, 0.4) is 0 Å². The molecule has 1 aliphatic heterocycles. The van der Waals surface area contributed by atoms with E-state index in [4.69, 9.17) is 21.1 Å². The minimum atomic E-state index is -0.430. The fourth-order valence-corrected chi connectivity index (χ4v) is 4.63. The molecule has 3 amide bonds. The quantitative estimate of drug-likeness (QED) is 0.323. The second-order valence-corrected chi connectivity index (χ2v) is 9.76. The number of aryl methyl sites for hydroxylation is 1. The molecule has 1 saturated heterocycles. The van der Waals surface area contributed by atoms with Crippen molar-refractivity contribution in [3.63, 3.8) is 0 Å². The fraction of sp³-hybridized carbons (Fsp3) is 0.179. The van der Waals surface area contributed by atoms with Crippen molar-refractivity contribution in [3.05, 3.63) is 93.3 Å². The SMILES string of the molecule is COc1cc(/C=C2\SC(=O)N(CCC(=O)Nc3cccc(C)c3)C2=O)ccc1OCc1ccc(Cl)cc1. The number of rotatable bonds is 9. The van der Waals surface area contributed by atoms with Crippen molar-refractivity contribution in [2.75, 3.05) is 19.0 Å². The van der Waals surface area contributed by atoms with Gasteiger partial charge in [0.2, 0.25) is 5.91 Å². The fourth-order valence-electron chi connectivity index (χ4n) is 3.64. The van der Waals surface area contributed by atoms with Crippen molar-refractivity contribution < 1.29 is 23.9 Å². The molecule has 0 atom stereocenters. The van der Waals surface area contributed by atoms with Crippen LogP contribution in [0.1, 0.15) is 23.1 Å². The number of benzene rings is 3. The molecule has 0 bridgehead atoms. The highest BCUT2D eigenvalue weighted by molar-refractivity contribution is 8.18. The first-order chi connectivity index (χ1) is 17.8. The lowest BCUT2D eigenvalue weighted by molar-refractivity contribution is -0.123. The highest BCUT2D eigenvalue weighted by atomic mass is 35.5. The Morgan fingerprint density at radius 3 is 2.57 bits per heavy atom. The van der Waals surface area contributed by atoms with E-state index in [1.807, 2.05) is 37.3 Å². The van der Waals surface area contributed by atoms with E-state index < -0.39 is 11.1 Å². The molecular weight excluding hydrogens is 512 g/mol. The van der Waals surface area contributed by atoms with Crippen LogP contribution in [0, 0.1) is 6.92 Å². The highest BCUT2D eigenvalue weighted by Gasteiger charge is 2.35. The molecule has 3 aromatic carbocycles. The number of hydrogen-bond acceptors (Lipinski definition) is 6. The summed E-state index contributed by atoms with van der Waals surface area (Å²) in [7, 11) is 1.53. The van der Waals surface area contributed by atoms with E-state index in [0.29, 0.717) is 34.4 Å². The molecule has 9 heteroatoms. The van der Waals surface area contributed by atoms with Crippen molar-refractivity contribution in [2.45, 2.75) is 20.0 Å². The summed E-state index contributed by atoms with van der Waals surface area (Å²) in [6.07, 6.45) is 1.63. The number of carbonyl (C=O) groups is 3. The van der Waals surface area contributed by atoms with E-state index in [-0.39, 0.29) is 23.8 Å². The second kappa shape index (κ2) is 12.0. The number of nitrogens with zero attached hydrogens (tertiary/aromatic N) is 1. The Balaban J connectivity index is 1.38. The summed E-state index contributed by atoms with van der Waals surface area (Å²) < 4.78 is 11.3. The number of methoxy groups -OCH3 is 1. The molecule has 7 nitrogen and oxygen atoms in total. The highest BCUT2D eigenvalue weighted by Crippen LogP contribution is 2.35. The monoisotopic (exact) mass is 536 g/mol. The molecule has 0 aliphatic carbocycles. The molecule has 1 aliphatic rings. The Morgan fingerprint density at radius 2 is 1.84 bits per heavy atom. The zero-order chi connectivity index (χ0) is 26.4. The largest absolute Gasteiger partial charge is 0.493 e. The first-order valence-electron chi connectivity index (χ1n) is 11.5. The lowest BCUT2D eigenvalue weighted by Gasteiger charge is -2.13. The Hall–Kier alpha value is -3.75. The number of amides is 3. The van der Waals surface area contributed by atoms with Crippen LogP contribution >= 0.6 is 23.4 Å². The molecule has 1 N–H and O–H groups in total. The van der Waals surface area contributed by atoms with Gasteiger partial charge in [0.15, 0.2) is 11.5 Å². The zero-order valence-electron chi connectivity index (χ0n) is 20.3. The Labute approximate surface area is 224 Å². The number of hydrogen-bond donors (Lipinski definition) is 1. The van der Waals surface area contributed by atoms with Crippen molar-refractivity contribution in [3.8, 4) is 11.5 Å². The molecule has 190 valence electrons. The summed E-state index contributed by atoms with van der Waals surface area (Å²) in [5.74, 6) is 0.338. The summed E-state index contributed by atoms with van der Waals surface area (Å²) in [6.45, 7) is 2.27. The maximum absolute atomic E-state index is 12.9. The van der Waals surface area contributed by atoms with E-state index in [2.05, 4.69) is 5.32 Å². The molecule has 0 aromatic heterocycles. The van der Waals surface area contributed by atoms with Crippen LogP contribution in [0.25, 0.3) is 6.08 Å². The van der Waals surface area contributed by atoms with Gasteiger partial charge in [-0.1, -0.05) is 41.9 Å². The Morgan fingerprint density at radius 1 is 1.05 bits per heavy atom. The maximum atomic E-state index is 12.9. The predicted molar refractivity (Wildman–Crippen MR) is 146 cm³/mol. The van der Waals surface area contributed by atoms with Crippen LogP contribution in [0.5, 0.6) is 11.5 Å². The summed E-state index contributed by atoms with van der Waals surface area (Å²) in [5.41, 5.74) is 3.33. The number of carbonyl (C=O) groups excluding carboxylic acids is 3. The molecule has 37 heavy (non-hydrogen) atoms. The van der Waals surface area contributed by atoms with Gasteiger partial charge in [0.05, 0.1) is 12.0 Å². The topological polar surface area (TPSA) is 84.9 Å². The van der Waals surface area contributed by atoms with Crippen molar-refractivity contribution in [2.24, 2.45) is 0 Å². The number of imide groups is 1. The van der Waals surface area contributed by atoms with E-state index in [9.17, 15) is 14.4 Å². The first-order valence-corrected chi connectivity index (χ1v) is 12.7. The van der Waals surface area contributed by atoms with Crippen LogP contribution in [0.15, 0.2) is 71.6 Å². The van der Waals surface area contributed by atoms with E-state index in [1.54, 1.807) is 42.5 Å². The van der Waals surface area contributed by atoms with Gasteiger partial charge in [-0.3, -0.25) is 19.3 Å². The van der Waals surface area contributed by atoms with Gasteiger partial charge in [-0.05, 0) is 77.9 Å². The van der Waals surface area contributed by atoms with Crippen LogP contribution in [-0.4, -0.2) is 35.6 Å². The lowest BCUT2D eigenvalue weighted by Crippen LogP contribution is -2.31. The molecule has 3 aromatic rings. The molecule has 0 radical (unpaired) electrons. The van der Waals surface area contributed by atoms with Crippen LogP contribution in [0.2, 0.25) is 5.02 Å². The summed E-state index contributed by atoms with van der Waals surface area (Å²) >= 11 is 6.77. The maximum Gasteiger partial charge on any atom is 0.293 e. The minimum Gasteiger partial charge on any atom is -0.493 e. The van der Waals surface area contributed by atoms with Crippen LogP contribution in [-0.2, 0) is 16.2 Å². The summed E-state index contributed by atoms with van der Waals surface area (Å²) in [6, 6.07) is 20.0. The zero-order valence-corrected chi connectivity index (χ0v) is 21.9. The molecule has 4 rings (SSSR count). The van der Waals surface area contributed by atoms with E-state index >= 15 is 0 Å². The molecule has 1 fully saturated rings. The third-order valence-corrected chi connectivity index (χ3v) is 6.69. The number of anilines is 1. The van der Waals surface area contributed by atoms with Gasteiger partial charge in [-0.15, -0.1) is 0 Å². The number of nitrogens with one attached hydrogen (secondary N) is 1. The van der Waals surface area contributed by atoms with Crippen molar-refractivity contribution >= 4 is 52.2 Å². The average Bonchev–Trinajstić information content (AvgIpc) is 3.14. The van der Waals surface area contributed by atoms with Crippen molar-refractivity contribution in [1.82, 2.24) is 4.90 Å². The third-order valence-electron chi connectivity index (χ3n) is 5.53. The molecular formula is C28H25ClN2O5S. The Bertz CT molecular complexity index is 1360. The predicted octanol–water partition coefficient (Wildman–Crippen LogP) is 6.30. The van der Waals surface area contributed by atoms with Gasteiger partial charge in [0, 0.05) is 23.7 Å². The van der Waals surface area contributed by atoms with E-state index in [0.717, 1.165) is 27.8 Å². The Kier molecular flexibility index (Phi) is 8.53. The second-order valence-electron chi connectivity index (χ2n) is 8.33. The molecule has 0 unspecified atom stereocenters. The van der Waals surface area contributed by atoms with Gasteiger partial charge in [0.25, 0.3) is 11.1 Å². The van der Waals surface area contributed by atoms with Gasteiger partial charge < -0.3 is 14.8 Å². The molecule has 1 heterocycles. The van der Waals surface area contributed by atoms with E-state index in [1.165, 1.54) is 7.11 Å². The van der Waals surface area contributed by atoms with Gasteiger partial charge in [-0.2, -0.15) is 0 Å².